The minimum absolute atomic E-state index is 0.162. The number of amides is 1. The average Bonchev–Trinajstić information content (AvgIpc) is 3.15. The van der Waals surface area contributed by atoms with Crippen LogP contribution in [0.15, 0.2) is 35.2 Å². The smallest absolute Gasteiger partial charge is 0.276 e. The fourth-order valence-electron chi connectivity index (χ4n) is 3.17. The number of guanidine groups is 1. The van der Waals surface area contributed by atoms with E-state index in [0.717, 1.165) is 29.4 Å². The van der Waals surface area contributed by atoms with Gasteiger partial charge in [0.15, 0.2) is 0 Å². The molecule has 1 aromatic heterocycles. The van der Waals surface area contributed by atoms with E-state index in [-0.39, 0.29) is 5.91 Å². The van der Waals surface area contributed by atoms with Gasteiger partial charge in [-0.25, -0.2) is 9.98 Å². The molecule has 0 saturated heterocycles. The zero-order valence-electron chi connectivity index (χ0n) is 12.8. The van der Waals surface area contributed by atoms with Crippen molar-refractivity contribution in [1.82, 2.24) is 20.6 Å². The molecule has 1 aliphatic carbocycles. The summed E-state index contributed by atoms with van der Waals surface area (Å²) in [6.45, 7) is 0. The first-order chi connectivity index (χ1) is 11.3. The predicted octanol–water partition coefficient (Wildman–Crippen LogP) is 2.31. The minimum Gasteiger partial charge on any atom is -0.353 e. The molecule has 2 heterocycles. The molecule has 6 heteroatoms. The van der Waals surface area contributed by atoms with Gasteiger partial charge in [0.05, 0.1) is 17.4 Å². The number of nitrogens with one attached hydrogen (secondary N) is 3. The lowest BCUT2D eigenvalue weighted by Gasteiger charge is -2.23. The molecule has 1 aromatic carbocycles. The van der Waals surface area contributed by atoms with E-state index in [0.29, 0.717) is 17.7 Å². The van der Waals surface area contributed by atoms with Crippen LogP contribution in [0.2, 0.25) is 0 Å². The molecule has 0 atom stereocenters. The van der Waals surface area contributed by atoms with E-state index in [1.54, 1.807) is 12.4 Å². The Labute approximate surface area is 134 Å². The summed E-state index contributed by atoms with van der Waals surface area (Å²) in [6.07, 6.45) is 9.52. The van der Waals surface area contributed by atoms with Crippen LogP contribution in [-0.2, 0) is 4.79 Å². The second kappa shape index (κ2) is 5.87. The Morgan fingerprint density at radius 3 is 2.96 bits per heavy atom. The van der Waals surface area contributed by atoms with Gasteiger partial charge in [-0.3, -0.25) is 10.1 Å². The van der Waals surface area contributed by atoms with Crippen LogP contribution in [0.5, 0.6) is 0 Å². The van der Waals surface area contributed by atoms with Gasteiger partial charge in [0.1, 0.15) is 5.70 Å². The van der Waals surface area contributed by atoms with Crippen molar-refractivity contribution in [2.24, 2.45) is 4.99 Å². The largest absolute Gasteiger partial charge is 0.353 e. The van der Waals surface area contributed by atoms with Crippen LogP contribution in [-0.4, -0.2) is 27.9 Å². The number of aromatic nitrogens is 2. The number of benzene rings is 1. The van der Waals surface area contributed by atoms with Gasteiger partial charge >= 0.3 is 0 Å². The number of hydrogen-bond acceptors (Lipinski definition) is 4. The van der Waals surface area contributed by atoms with Gasteiger partial charge in [0.2, 0.25) is 5.96 Å². The number of nitrogens with zero attached hydrogens (tertiary/aromatic N) is 2. The van der Waals surface area contributed by atoms with Crippen LogP contribution in [0.25, 0.3) is 17.1 Å². The fourth-order valence-corrected chi connectivity index (χ4v) is 3.17. The molecule has 0 spiro atoms. The lowest BCUT2D eigenvalue weighted by Crippen LogP contribution is -2.43. The van der Waals surface area contributed by atoms with Crippen molar-refractivity contribution in [3.8, 4) is 0 Å². The zero-order valence-corrected chi connectivity index (χ0v) is 12.8. The molecule has 3 N–H and O–H groups in total. The summed E-state index contributed by atoms with van der Waals surface area (Å²) in [6, 6.07) is 6.26. The lowest BCUT2D eigenvalue weighted by atomic mass is 9.96. The van der Waals surface area contributed by atoms with Gasteiger partial charge in [-0.2, -0.15) is 0 Å². The molecular weight excluding hydrogens is 290 g/mol. The highest BCUT2D eigenvalue weighted by Crippen LogP contribution is 2.19. The highest BCUT2D eigenvalue weighted by Gasteiger charge is 2.23. The Morgan fingerprint density at radius 1 is 1.22 bits per heavy atom. The molecule has 1 fully saturated rings. The van der Waals surface area contributed by atoms with E-state index >= 15 is 0 Å². The van der Waals surface area contributed by atoms with E-state index in [4.69, 9.17) is 0 Å². The first-order valence-corrected chi connectivity index (χ1v) is 8.09. The van der Waals surface area contributed by atoms with Crippen LogP contribution >= 0.6 is 0 Å². The fraction of sp³-hybridized carbons (Fsp3) is 0.353. The number of carbonyl (C=O) groups excluding carboxylic acids is 1. The summed E-state index contributed by atoms with van der Waals surface area (Å²) in [5.74, 6) is 0.416. The third-order valence-electron chi connectivity index (χ3n) is 4.39. The summed E-state index contributed by atoms with van der Waals surface area (Å²) in [7, 11) is 0. The second-order valence-electron chi connectivity index (χ2n) is 6.10. The van der Waals surface area contributed by atoms with Gasteiger partial charge in [-0.15, -0.1) is 0 Å². The number of rotatable bonds is 2. The van der Waals surface area contributed by atoms with E-state index in [1.807, 2.05) is 18.2 Å². The van der Waals surface area contributed by atoms with E-state index < -0.39 is 0 Å². The number of aromatic amines is 1. The van der Waals surface area contributed by atoms with Crippen molar-refractivity contribution < 1.29 is 4.79 Å². The van der Waals surface area contributed by atoms with Crippen LogP contribution < -0.4 is 10.6 Å². The Kier molecular flexibility index (Phi) is 3.57. The maximum absolute atomic E-state index is 12.1. The molecule has 23 heavy (non-hydrogen) atoms. The van der Waals surface area contributed by atoms with Crippen molar-refractivity contribution in [3.63, 3.8) is 0 Å². The number of fused-ring (bicyclic) bond motifs is 1. The van der Waals surface area contributed by atoms with E-state index in [9.17, 15) is 4.79 Å². The van der Waals surface area contributed by atoms with Crippen molar-refractivity contribution in [1.29, 1.82) is 0 Å². The Bertz CT molecular complexity index is 798. The third-order valence-corrected chi connectivity index (χ3v) is 4.39. The van der Waals surface area contributed by atoms with Crippen LogP contribution in [0.3, 0.4) is 0 Å². The maximum Gasteiger partial charge on any atom is 0.276 e. The number of aliphatic imine (C=N–C) groups is 1. The van der Waals surface area contributed by atoms with Crippen molar-refractivity contribution >= 4 is 29.0 Å². The molecule has 0 unspecified atom stereocenters. The van der Waals surface area contributed by atoms with Crippen molar-refractivity contribution in [2.45, 2.75) is 38.1 Å². The first-order valence-electron chi connectivity index (χ1n) is 8.09. The standard InChI is InChI=1S/C17H19N5O/c23-16-15(9-11-6-7-13-14(8-11)19-10-18-13)21-17(22-16)20-12-4-2-1-3-5-12/h6-10,12H,1-5H2,(H,18,19)(H2,20,21,22,23)/b15-9-. The molecule has 2 aromatic rings. The molecule has 1 saturated carbocycles. The second-order valence-corrected chi connectivity index (χ2v) is 6.10. The maximum atomic E-state index is 12.1. The Morgan fingerprint density at radius 2 is 2.09 bits per heavy atom. The molecule has 118 valence electrons. The summed E-state index contributed by atoms with van der Waals surface area (Å²) >= 11 is 0. The summed E-state index contributed by atoms with van der Waals surface area (Å²) < 4.78 is 0. The SMILES string of the molecule is O=C1NC(NC2CCCCC2)=N/C1=C\c1ccc2[nH]cnc2c1. The van der Waals surface area contributed by atoms with Crippen molar-refractivity contribution in [3.05, 3.63) is 35.8 Å². The number of carbonyl (C=O) groups is 1. The van der Waals surface area contributed by atoms with Crippen LogP contribution in [0.4, 0.5) is 0 Å². The summed E-state index contributed by atoms with van der Waals surface area (Å²) in [4.78, 5) is 23.8. The monoisotopic (exact) mass is 309 g/mol. The summed E-state index contributed by atoms with van der Waals surface area (Å²) in [5.41, 5.74) is 3.20. The Balaban J connectivity index is 1.53. The topological polar surface area (TPSA) is 82.2 Å². The number of H-pyrrole nitrogens is 1. The average molecular weight is 309 g/mol. The molecule has 0 bridgehead atoms. The van der Waals surface area contributed by atoms with Gasteiger partial charge in [-0.1, -0.05) is 25.3 Å². The minimum atomic E-state index is -0.162. The molecule has 1 aliphatic heterocycles. The number of hydrogen-bond donors (Lipinski definition) is 3. The molecule has 2 aliphatic rings. The highest BCUT2D eigenvalue weighted by atomic mass is 16.2. The van der Waals surface area contributed by atoms with Crippen LogP contribution in [0.1, 0.15) is 37.7 Å². The van der Waals surface area contributed by atoms with Gasteiger partial charge in [0.25, 0.3) is 5.91 Å². The third kappa shape index (κ3) is 2.97. The van der Waals surface area contributed by atoms with Crippen molar-refractivity contribution in [2.75, 3.05) is 0 Å². The van der Waals surface area contributed by atoms with E-state index in [2.05, 4.69) is 25.6 Å². The molecule has 0 radical (unpaired) electrons. The summed E-state index contributed by atoms with van der Waals surface area (Å²) in [5, 5.41) is 6.16. The van der Waals surface area contributed by atoms with Gasteiger partial charge in [-0.05, 0) is 36.6 Å². The van der Waals surface area contributed by atoms with Crippen LogP contribution in [0, 0.1) is 0 Å². The quantitative estimate of drug-likeness (QED) is 0.745. The lowest BCUT2D eigenvalue weighted by molar-refractivity contribution is -0.115. The Hall–Kier alpha value is -2.63. The first kappa shape index (κ1) is 14.0. The molecule has 6 nitrogen and oxygen atoms in total. The normalized spacial score (nSPS) is 20.8. The highest BCUT2D eigenvalue weighted by molar-refractivity contribution is 6.13. The zero-order chi connectivity index (χ0) is 15.6. The molecule has 1 amide bonds. The van der Waals surface area contributed by atoms with E-state index in [1.165, 1.54) is 19.3 Å². The number of imidazole rings is 1. The molecule has 4 rings (SSSR count). The van der Waals surface area contributed by atoms with Gasteiger partial charge < -0.3 is 10.3 Å². The van der Waals surface area contributed by atoms with Gasteiger partial charge in [0, 0.05) is 6.04 Å². The predicted molar refractivity (Wildman–Crippen MR) is 89.7 cm³/mol. The molecular formula is C17H19N5O.